The summed E-state index contributed by atoms with van der Waals surface area (Å²) in [5.74, 6) is 0.360. The normalized spacial score (nSPS) is 15.6. The molecule has 0 aliphatic carbocycles. The summed E-state index contributed by atoms with van der Waals surface area (Å²) < 4.78 is 17.1. The van der Waals surface area contributed by atoms with Gasteiger partial charge in [-0.15, -0.1) is 0 Å². The average molecular weight is 469 g/mol. The van der Waals surface area contributed by atoms with Crippen molar-refractivity contribution in [1.82, 2.24) is 10.2 Å². The summed E-state index contributed by atoms with van der Waals surface area (Å²) in [6.07, 6.45) is 1.35. The van der Waals surface area contributed by atoms with E-state index in [4.69, 9.17) is 14.2 Å². The van der Waals surface area contributed by atoms with Crippen molar-refractivity contribution in [3.05, 3.63) is 53.6 Å². The van der Waals surface area contributed by atoms with Crippen LogP contribution < -0.4 is 19.5 Å². The van der Waals surface area contributed by atoms with Gasteiger partial charge in [0.05, 0.1) is 32.4 Å². The Labute approximate surface area is 200 Å². The summed E-state index contributed by atoms with van der Waals surface area (Å²) in [5, 5.41) is 2.47. The van der Waals surface area contributed by atoms with Gasteiger partial charge in [-0.05, 0) is 64.4 Å². The van der Waals surface area contributed by atoms with Crippen LogP contribution in [0.5, 0.6) is 17.2 Å². The van der Waals surface area contributed by atoms with Crippen LogP contribution in [0.1, 0.15) is 54.3 Å². The first-order valence-electron chi connectivity index (χ1n) is 11.7. The van der Waals surface area contributed by atoms with E-state index < -0.39 is 17.9 Å². The Bertz CT molecular complexity index is 981. The van der Waals surface area contributed by atoms with Crippen molar-refractivity contribution in [2.45, 2.75) is 39.7 Å². The molecule has 0 unspecified atom stereocenters. The van der Waals surface area contributed by atoms with Crippen molar-refractivity contribution in [2.24, 2.45) is 0 Å². The third-order valence-electron chi connectivity index (χ3n) is 5.52. The molecule has 0 aromatic heterocycles. The Morgan fingerprint density at radius 2 is 1.53 bits per heavy atom. The minimum absolute atomic E-state index is 0.0444. The van der Waals surface area contributed by atoms with Gasteiger partial charge >= 0.3 is 0 Å². The van der Waals surface area contributed by atoms with Crippen LogP contribution in [-0.4, -0.2) is 61.4 Å². The second kappa shape index (κ2) is 12.2. The Morgan fingerprint density at radius 3 is 2.12 bits per heavy atom. The minimum atomic E-state index is -0.544. The fourth-order valence-corrected chi connectivity index (χ4v) is 3.99. The third kappa shape index (κ3) is 6.14. The van der Waals surface area contributed by atoms with E-state index in [0.29, 0.717) is 61.2 Å². The van der Waals surface area contributed by atoms with Gasteiger partial charge in [-0.1, -0.05) is 18.2 Å². The van der Waals surface area contributed by atoms with Crippen LogP contribution in [0.2, 0.25) is 0 Å². The van der Waals surface area contributed by atoms with Crippen molar-refractivity contribution in [3.8, 4) is 17.2 Å². The van der Waals surface area contributed by atoms with E-state index in [1.807, 2.05) is 25.7 Å². The number of carbonyl (C=O) groups excluding carboxylic acids is 3. The molecule has 0 saturated carbocycles. The number of likely N-dealkylation sites (tertiary alicyclic amines) is 1. The van der Waals surface area contributed by atoms with Crippen molar-refractivity contribution >= 4 is 17.6 Å². The molecule has 1 saturated heterocycles. The van der Waals surface area contributed by atoms with Gasteiger partial charge in [0.2, 0.25) is 11.7 Å². The number of amides is 2. The topological polar surface area (TPSA) is 94.2 Å². The smallest absolute Gasteiger partial charge is 0.257 e. The molecule has 1 heterocycles. The number of ketones is 1. The van der Waals surface area contributed by atoms with E-state index in [9.17, 15) is 14.4 Å². The summed E-state index contributed by atoms with van der Waals surface area (Å²) in [5.41, 5.74) is 0.833. The van der Waals surface area contributed by atoms with Crippen molar-refractivity contribution in [3.63, 3.8) is 0 Å². The van der Waals surface area contributed by atoms with Crippen LogP contribution in [-0.2, 0) is 4.79 Å². The minimum Gasteiger partial charge on any atom is -0.490 e. The molecule has 0 radical (unpaired) electrons. The molecule has 2 aromatic carbocycles. The van der Waals surface area contributed by atoms with E-state index in [2.05, 4.69) is 5.32 Å². The molecule has 2 amide bonds. The van der Waals surface area contributed by atoms with Crippen LogP contribution in [0.4, 0.5) is 0 Å². The second-order valence-electron chi connectivity index (χ2n) is 7.84. The molecule has 8 heteroatoms. The quantitative estimate of drug-likeness (QED) is 0.399. The Kier molecular flexibility index (Phi) is 9.04. The molecule has 2 aromatic rings. The number of nitrogens with zero attached hydrogens (tertiary/aromatic N) is 1. The maximum Gasteiger partial charge on any atom is 0.257 e. The average Bonchev–Trinajstić information content (AvgIpc) is 3.30. The van der Waals surface area contributed by atoms with Crippen LogP contribution in [0.15, 0.2) is 42.5 Å². The van der Waals surface area contributed by atoms with Gasteiger partial charge in [-0.25, -0.2) is 0 Å². The fraction of sp³-hybridized carbons (Fsp3) is 0.423. The maximum atomic E-state index is 13.2. The molecule has 0 spiro atoms. The summed E-state index contributed by atoms with van der Waals surface area (Å²) in [7, 11) is 0. The summed E-state index contributed by atoms with van der Waals surface area (Å²) in [6, 6.07) is 11.3. The molecule has 8 nitrogen and oxygen atoms in total. The number of carbonyl (C=O) groups is 3. The Hall–Kier alpha value is -3.39. The molecule has 1 aliphatic heterocycles. The molecular formula is C26H32N2O6. The zero-order valence-corrected chi connectivity index (χ0v) is 20.0. The number of rotatable bonds is 11. The lowest BCUT2D eigenvalue weighted by atomic mass is 10.1. The molecule has 1 N–H and O–H groups in total. The van der Waals surface area contributed by atoms with Crippen molar-refractivity contribution < 1.29 is 28.6 Å². The molecular weight excluding hydrogens is 436 g/mol. The van der Waals surface area contributed by atoms with Gasteiger partial charge in [0.1, 0.15) is 0 Å². The predicted molar refractivity (Wildman–Crippen MR) is 128 cm³/mol. The number of Topliss-reactive ketones (excluding diaryl/α,β-unsaturated/α-hetero) is 1. The zero-order valence-electron chi connectivity index (χ0n) is 20.0. The first-order chi connectivity index (χ1) is 16.5. The zero-order chi connectivity index (χ0) is 24.5. The van der Waals surface area contributed by atoms with Crippen LogP contribution >= 0.6 is 0 Å². The molecule has 3 rings (SSSR count). The van der Waals surface area contributed by atoms with Crippen LogP contribution in [0.25, 0.3) is 0 Å². The number of nitrogens with one attached hydrogen (secondary N) is 1. The highest BCUT2D eigenvalue weighted by atomic mass is 16.5. The van der Waals surface area contributed by atoms with Gasteiger partial charge in [0.25, 0.3) is 5.91 Å². The lowest BCUT2D eigenvalue weighted by molar-refractivity contribution is -0.124. The SMILES string of the molecule is CCOc1cc(C(=O)CN2CCC[C@@H]2C(=O)NC(=O)c2ccccc2)cc(OCC)c1OCC. The first-order valence-corrected chi connectivity index (χ1v) is 11.7. The molecule has 1 atom stereocenters. The van der Waals surface area contributed by atoms with E-state index >= 15 is 0 Å². The Balaban J connectivity index is 1.74. The van der Waals surface area contributed by atoms with Gasteiger partial charge in [0.15, 0.2) is 17.3 Å². The van der Waals surface area contributed by atoms with Gasteiger partial charge < -0.3 is 14.2 Å². The predicted octanol–water partition coefficient (Wildman–Crippen LogP) is 3.49. The summed E-state index contributed by atoms with van der Waals surface area (Å²) >= 11 is 0. The highest BCUT2D eigenvalue weighted by Crippen LogP contribution is 2.39. The number of imide groups is 1. The highest BCUT2D eigenvalue weighted by Gasteiger charge is 2.33. The maximum absolute atomic E-state index is 13.2. The third-order valence-corrected chi connectivity index (χ3v) is 5.52. The molecule has 182 valence electrons. The number of benzene rings is 2. The second-order valence-corrected chi connectivity index (χ2v) is 7.84. The lowest BCUT2D eigenvalue weighted by Gasteiger charge is -2.23. The lowest BCUT2D eigenvalue weighted by Crippen LogP contribution is -2.46. The summed E-state index contributed by atoms with van der Waals surface area (Å²) in [4.78, 5) is 40.2. The molecule has 1 fully saturated rings. The largest absolute Gasteiger partial charge is 0.490 e. The Morgan fingerprint density at radius 1 is 0.912 bits per heavy atom. The number of ether oxygens (including phenoxy) is 3. The first kappa shape index (κ1) is 25.2. The van der Waals surface area contributed by atoms with E-state index in [-0.39, 0.29) is 12.3 Å². The van der Waals surface area contributed by atoms with Crippen molar-refractivity contribution in [2.75, 3.05) is 32.9 Å². The van der Waals surface area contributed by atoms with Gasteiger partial charge in [-0.3, -0.25) is 24.6 Å². The van der Waals surface area contributed by atoms with Gasteiger partial charge in [-0.2, -0.15) is 0 Å². The molecule has 1 aliphatic rings. The summed E-state index contributed by atoms with van der Waals surface area (Å²) in [6.45, 7) is 7.47. The molecule has 0 bridgehead atoms. The van der Waals surface area contributed by atoms with E-state index in [1.165, 1.54) is 0 Å². The van der Waals surface area contributed by atoms with E-state index in [0.717, 1.165) is 6.42 Å². The van der Waals surface area contributed by atoms with Gasteiger partial charge in [0, 0.05) is 11.1 Å². The number of hydrogen-bond acceptors (Lipinski definition) is 7. The van der Waals surface area contributed by atoms with E-state index in [1.54, 1.807) is 42.5 Å². The monoisotopic (exact) mass is 468 g/mol. The van der Waals surface area contributed by atoms with Crippen LogP contribution in [0, 0.1) is 0 Å². The molecule has 34 heavy (non-hydrogen) atoms. The fourth-order valence-electron chi connectivity index (χ4n) is 3.99. The number of hydrogen-bond donors (Lipinski definition) is 1. The van der Waals surface area contributed by atoms with Crippen LogP contribution in [0.3, 0.4) is 0 Å². The standard InChI is InChI=1S/C26H32N2O6/c1-4-32-22-15-19(16-23(33-5-2)24(22)34-6-3)21(29)17-28-14-10-13-20(28)26(31)27-25(30)18-11-8-7-9-12-18/h7-9,11-12,15-16,20H,4-6,10,13-14,17H2,1-3H3,(H,27,30,31)/t20-/m1/s1. The van der Waals surface area contributed by atoms with Crippen molar-refractivity contribution in [1.29, 1.82) is 0 Å². The highest BCUT2D eigenvalue weighted by molar-refractivity contribution is 6.06.